The lowest BCUT2D eigenvalue weighted by Crippen LogP contribution is -2.40. The predicted molar refractivity (Wildman–Crippen MR) is 110 cm³/mol. The second kappa shape index (κ2) is 6.61. The third-order valence-electron chi connectivity index (χ3n) is 7.27. The van der Waals surface area contributed by atoms with Crippen molar-refractivity contribution in [3.05, 3.63) is 72.1 Å². The minimum atomic E-state index is -0.411. The van der Waals surface area contributed by atoms with E-state index in [1.54, 1.807) is 24.3 Å². The van der Waals surface area contributed by atoms with Crippen LogP contribution in [0.15, 0.2) is 60.7 Å². The third kappa shape index (κ3) is 2.77. The summed E-state index contributed by atoms with van der Waals surface area (Å²) in [5.74, 6) is 0.402. The number of anilines is 1. The maximum atomic E-state index is 13.2. The lowest BCUT2D eigenvalue weighted by atomic mass is 9.63. The smallest absolute Gasteiger partial charge is 0.238 e. The summed E-state index contributed by atoms with van der Waals surface area (Å²) in [5, 5.41) is 0. The van der Waals surface area contributed by atoms with E-state index >= 15 is 0 Å². The molecule has 31 heavy (non-hydrogen) atoms. The van der Waals surface area contributed by atoms with Crippen LogP contribution in [-0.4, -0.2) is 24.2 Å². The first kappa shape index (κ1) is 18.5. The number of benzene rings is 2. The molecule has 156 valence electrons. The number of nitrogens with zero attached hydrogens (tertiary/aromatic N) is 1. The number of allylic oxidation sites excluding steroid dienone is 2. The molecule has 2 aromatic rings. The van der Waals surface area contributed by atoms with Crippen LogP contribution < -0.4 is 9.64 Å². The topological polar surface area (TPSA) is 63.7 Å². The molecule has 1 heterocycles. The fourth-order valence-corrected chi connectivity index (χ4v) is 5.79. The Hall–Kier alpha value is -3.28. The summed E-state index contributed by atoms with van der Waals surface area (Å²) in [6.07, 6.45) is 5.42. The molecule has 2 bridgehead atoms. The number of hydrogen-bond donors (Lipinski definition) is 0. The van der Waals surface area contributed by atoms with Gasteiger partial charge in [-0.15, -0.1) is 0 Å². The molecule has 3 fully saturated rings. The molecular weight excluding hydrogens is 397 g/mol. The largest absolute Gasteiger partial charge is 0.485 e. The summed E-state index contributed by atoms with van der Waals surface area (Å²) in [6.45, 7) is -0.223. The van der Waals surface area contributed by atoms with Crippen molar-refractivity contribution >= 4 is 23.3 Å². The van der Waals surface area contributed by atoms with Crippen molar-refractivity contribution in [2.24, 2.45) is 35.5 Å². The number of halogens is 1. The minimum absolute atomic E-state index is 0.126. The quantitative estimate of drug-likeness (QED) is 0.423. The van der Waals surface area contributed by atoms with Crippen molar-refractivity contribution in [1.82, 2.24) is 0 Å². The van der Waals surface area contributed by atoms with Gasteiger partial charge in [0.25, 0.3) is 0 Å². The van der Waals surface area contributed by atoms with E-state index in [-0.39, 0.29) is 47.9 Å². The molecule has 6 atom stereocenters. The van der Waals surface area contributed by atoms with Gasteiger partial charge < -0.3 is 4.74 Å². The molecule has 2 amide bonds. The standard InChI is InChI=1S/C25H20FNO4/c26-14-6-4-13(5-7-14)21(28)12-31-16-3-1-2-15(10-16)27-24(29)22-17-8-9-18(20-11-19(17)20)23(22)25(27)30/h1-10,17-20,22-23H,11-12H2/t17-,18-,19-,20+,22+,23+/m1/s1. The Kier molecular flexibility index (Phi) is 3.94. The van der Waals surface area contributed by atoms with Crippen LogP contribution in [0.1, 0.15) is 16.8 Å². The molecule has 0 unspecified atom stereocenters. The Morgan fingerprint density at radius 2 is 1.61 bits per heavy atom. The number of carbonyl (C=O) groups excluding carboxylic acids is 3. The lowest BCUT2D eigenvalue weighted by molar-refractivity contribution is -0.124. The monoisotopic (exact) mass is 417 g/mol. The highest BCUT2D eigenvalue weighted by Crippen LogP contribution is 2.65. The molecule has 0 radical (unpaired) electrons. The van der Waals surface area contributed by atoms with E-state index in [0.717, 1.165) is 6.42 Å². The van der Waals surface area contributed by atoms with Crippen molar-refractivity contribution < 1.29 is 23.5 Å². The average Bonchev–Trinajstić information content (AvgIpc) is 3.56. The molecule has 1 aliphatic heterocycles. The van der Waals surface area contributed by atoms with Crippen LogP contribution in [0.2, 0.25) is 0 Å². The van der Waals surface area contributed by atoms with E-state index in [4.69, 9.17) is 4.74 Å². The molecule has 6 heteroatoms. The van der Waals surface area contributed by atoms with Crippen LogP contribution in [0.5, 0.6) is 5.75 Å². The van der Waals surface area contributed by atoms with Crippen molar-refractivity contribution in [3.8, 4) is 5.75 Å². The van der Waals surface area contributed by atoms with Gasteiger partial charge in [-0.1, -0.05) is 18.2 Å². The molecule has 7 rings (SSSR count). The lowest BCUT2D eigenvalue weighted by Gasteiger charge is -2.37. The Labute approximate surface area is 178 Å². The zero-order valence-corrected chi connectivity index (χ0v) is 16.6. The first-order valence-electron chi connectivity index (χ1n) is 10.6. The summed E-state index contributed by atoms with van der Waals surface area (Å²) in [6, 6.07) is 12.0. The molecule has 2 aromatic carbocycles. The van der Waals surface area contributed by atoms with E-state index < -0.39 is 5.82 Å². The fraction of sp³-hybridized carbons (Fsp3) is 0.320. The van der Waals surface area contributed by atoms with Gasteiger partial charge in [0.1, 0.15) is 11.6 Å². The van der Waals surface area contributed by atoms with E-state index in [1.807, 2.05) is 0 Å². The molecule has 0 aromatic heterocycles. The summed E-state index contributed by atoms with van der Waals surface area (Å²) < 4.78 is 18.7. The van der Waals surface area contributed by atoms with Crippen LogP contribution >= 0.6 is 0 Å². The predicted octanol–water partition coefficient (Wildman–Crippen LogP) is 3.64. The summed E-state index contributed by atoms with van der Waals surface area (Å²) in [5.41, 5.74) is 0.831. The molecule has 2 saturated carbocycles. The second-order valence-corrected chi connectivity index (χ2v) is 8.88. The Morgan fingerprint density at radius 3 is 2.26 bits per heavy atom. The maximum Gasteiger partial charge on any atom is 0.238 e. The van der Waals surface area contributed by atoms with E-state index in [1.165, 1.54) is 29.2 Å². The minimum Gasteiger partial charge on any atom is -0.485 e. The summed E-state index contributed by atoms with van der Waals surface area (Å²) in [7, 11) is 0. The molecule has 1 saturated heterocycles. The number of Topliss-reactive ketones (excluding diaryl/α,β-unsaturated/α-hetero) is 1. The van der Waals surface area contributed by atoms with Gasteiger partial charge in [0.2, 0.25) is 11.8 Å². The Bertz CT molecular complexity index is 1100. The van der Waals surface area contributed by atoms with Crippen LogP contribution in [0.4, 0.5) is 10.1 Å². The molecule has 5 aliphatic rings. The van der Waals surface area contributed by atoms with Gasteiger partial charge in [-0.05, 0) is 66.5 Å². The SMILES string of the molecule is O=C(COc1cccc(N2C(=O)[C@H]3[C@@H]4C=C[C@H]([C@@H]5C[C@H]45)[C@@H]3C2=O)c1)c1ccc(F)cc1. The van der Waals surface area contributed by atoms with E-state index in [9.17, 15) is 18.8 Å². The number of carbonyl (C=O) groups is 3. The molecule has 4 aliphatic carbocycles. The highest BCUT2D eigenvalue weighted by molar-refractivity contribution is 6.22. The first-order chi connectivity index (χ1) is 15.0. The Balaban J connectivity index is 1.20. The number of amides is 2. The van der Waals surface area contributed by atoms with Crippen molar-refractivity contribution in [2.75, 3.05) is 11.5 Å². The van der Waals surface area contributed by atoms with E-state index in [0.29, 0.717) is 28.8 Å². The maximum absolute atomic E-state index is 13.2. The first-order valence-corrected chi connectivity index (χ1v) is 10.6. The summed E-state index contributed by atoms with van der Waals surface area (Å²) >= 11 is 0. The van der Waals surface area contributed by atoms with Crippen molar-refractivity contribution in [3.63, 3.8) is 0 Å². The van der Waals surface area contributed by atoms with Gasteiger partial charge in [0.15, 0.2) is 12.4 Å². The zero-order valence-electron chi connectivity index (χ0n) is 16.6. The van der Waals surface area contributed by atoms with Gasteiger partial charge >= 0.3 is 0 Å². The third-order valence-corrected chi connectivity index (χ3v) is 7.27. The molecule has 5 nitrogen and oxygen atoms in total. The highest BCUT2D eigenvalue weighted by Gasteiger charge is 2.67. The number of rotatable bonds is 5. The molecule has 0 N–H and O–H groups in total. The van der Waals surface area contributed by atoms with Gasteiger partial charge in [-0.3, -0.25) is 14.4 Å². The van der Waals surface area contributed by atoms with Crippen LogP contribution in [0.25, 0.3) is 0 Å². The summed E-state index contributed by atoms with van der Waals surface area (Å²) in [4.78, 5) is 40.1. The number of imide groups is 1. The number of ether oxygens (including phenoxy) is 1. The average molecular weight is 417 g/mol. The normalized spacial score (nSPS) is 32.1. The van der Waals surface area contributed by atoms with Gasteiger partial charge in [-0.2, -0.15) is 0 Å². The van der Waals surface area contributed by atoms with E-state index in [2.05, 4.69) is 12.2 Å². The molecule has 0 spiro atoms. The van der Waals surface area contributed by atoms with Crippen LogP contribution in [-0.2, 0) is 9.59 Å². The van der Waals surface area contributed by atoms with Crippen LogP contribution in [0.3, 0.4) is 0 Å². The van der Waals surface area contributed by atoms with Crippen molar-refractivity contribution in [2.45, 2.75) is 6.42 Å². The Morgan fingerprint density at radius 1 is 0.968 bits per heavy atom. The zero-order chi connectivity index (χ0) is 21.3. The van der Waals surface area contributed by atoms with Gasteiger partial charge in [0.05, 0.1) is 17.5 Å². The molecular formula is C25H20FNO4. The second-order valence-electron chi connectivity index (χ2n) is 8.88. The van der Waals surface area contributed by atoms with Crippen molar-refractivity contribution in [1.29, 1.82) is 0 Å². The number of ketones is 1. The fourth-order valence-electron chi connectivity index (χ4n) is 5.79. The van der Waals surface area contributed by atoms with Crippen LogP contribution in [0, 0.1) is 41.3 Å². The van der Waals surface area contributed by atoms with Gasteiger partial charge in [0, 0.05) is 11.6 Å². The highest BCUT2D eigenvalue weighted by atomic mass is 19.1. The number of hydrogen-bond acceptors (Lipinski definition) is 4. The van der Waals surface area contributed by atoms with Gasteiger partial charge in [-0.25, -0.2) is 9.29 Å².